The number of nitrogens with one attached hydrogen (secondary N) is 1. The zero-order valence-corrected chi connectivity index (χ0v) is 11.2. The molecule has 4 atom stereocenters. The van der Waals surface area contributed by atoms with Gasteiger partial charge in [0.05, 0.1) is 13.2 Å². The van der Waals surface area contributed by atoms with E-state index in [9.17, 15) is 19.8 Å². The number of aliphatic hydroxyl groups is 3. The molecule has 1 aromatic heterocycles. The second-order valence-electron chi connectivity index (χ2n) is 5.24. The van der Waals surface area contributed by atoms with Crippen LogP contribution in [-0.4, -0.2) is 55.4 Å². The fourth-order valence-corrected chi connectivity index (χ4v) is 2.29. The third-order valence-corrected chi connectivity index (χ3v) is 3.67. The standard InChI is InChI=1S/C12H18N2O6/c1-6-3-14(11(18)13-10(6)17)4-8-12(2,19)9(16)7(5-15)20-8/h3,7-9,15-16,19H,4-5H2,1-2H3,(H,13,17,18)/t7-,8+,9?,12-/m1/s1. The van der Waals surface area contributed by atoms with Crippen molar-refractivity contribution in [3.8, 4) is 0 Å². The van der Waals surface area contributed by atoms with Gasteiger partial charge in [-0.15, -0.1) is 0 Å². The molecule has 1 fully saturated rings. The molecule has 1 saturated heterocycles. The summed E-state index contributed by atoms with van der Waals surface area (Å²) in [5.41, 5.74) is -2.35. The minimum absolute atomic E-state index is 0.0446. The van der Waals surface area contributed by atoms with E-state index in [2.05, 4.69) is 4.98 Å². The van der Waals surface area contributed by atoms with Crippen LogP contribution in [0, 0.1) is 6.92 Å². The summed E-state index contributed by atoms with van der Waals surface area (Å²) in [5.74, 6) is 0. The Hall–Kier alpha value is -1.48. The Morgan fingerprint density at radius 3 is 2.70 bits per heavy atom. The van der Waals surface area contributed by atoms with Gasteiger partial charge in [0, 0.05) is 11.8 Å². The molecule has 4 N–H and O–H groups in total. The molecule has 8 heteroatoms. The van der Waals surface area contributed by atoms with Gasteiger partial charge in [-0.2, -0.15) is 0 Å². The summed E-state index contributed by atoms with van der Waals surface area (Å²) in [5, 5.41) is 29.2. The Labute approximate surface area is 114 Å². The summed E-state index contributed by atoms with van der Waals surface area (Å²) >= 11 is 0. The number of aromatic amines is 1. The first-order valence-corrected chi connectivity index (χ1v) is 6.24. The van der Waals surface area contributed by atoms with Crippen LogP contribution in [0.4, 0.5) is 0 Å². The van der Waals surface area contributed by atoms with Crippen LogP contribution in [0.5, 0.6) is 0 Å². The van der Waals surface area contributed by atoms with Crippen molar-refractivity contribution in [3.63, 3.8) is 0 Å². The summed E-state index contributed by atoms with van der Waals surface area (Å²) in [6, 6.07) is 0. The largest absolute Gasteiger partial charge is 0.394 e. The van der Waals surface area contributed by atoms with Gasteiger partial charge in [0.1, 0.15) is 23.9 Å². The minimum atomic E-state index is -1.60. The number of aromatic nitrogens is 2. The number of ether oxygens (including phenoxy) is 1. The molecule has 0 radical (unpaired) electrons. The minimum Gasteiger partial charge on any atom is -0.394 e. The van der Waals surface area contributed by atoms with Crippen molar-refractivity contribution in [1.82, 2.24) is 9.55 Å². The highest BCUT2D eigenvalue weighted by atomic mass is 16.6. The topological polar surface area (TPSA) is 125 Å². The molecule has 112 valence electrons. The molecule has 0 bridgehead atoms. The Kier molecular flexibility index (Phi) is 3.83. The third-order valence-electron chi connectivity index (χ3n) is 3.67. The van der Waals surface area contributed by atoms with Crippen LogP contribution in [-0.2, 0) is 11.3 Å². The van der Waals surface area contributed by atoms with E-state index in [1.807, 2.05) is 0 Å². The zero-order valence-electron chi connectivity index (χ0n) is 11.2. The van der Waals surface area contributed by atoms with Gasteiger partial charge < -0.3 is 20.1 Å². The van der Waals surface area contributed by atoms with E-state index in [1.54, 1.807) is 6.92 Å². The number of hydrogen-bond donors (Lipinski definition) is 4. The second kappa shape index (κ2) is 5.13. The third kappa shape index (κ3) is 2.42. The van der Waals surface area contributed by atoms with Crippen LogP contribution in [0.15, 0.2) is 15.8 Å². The number of hydrogen-bond acceptors (Lipinski definition) is 6. The van der Waals surface area contributed by atoms with Crippen molar-refractivity contribution in [3.05, 3.63) is 32.6 Å². The van der Waals surface area contributed by atoms with Crippen LogP contribution >= 0.6 is 0 Å². The molecule has 2 rings (SSSR count). The first-order valence-electron chi connectivity index (χ1n) is 6.24. The van der Waals surface area contributed by atoms with Crippen LogP contribution in [0.1, 0.15) is 12.5 Å². The fourth-order valence-electron chi connectivity index (χ4n) is 2.29. The lowest BCUT2D eigenvalue weighted by Crippen LogP contribution is -2.48. The first kappa shape index (κ1) is 14.9. The predicted octanol–water partition coefficient (Wildman–Crippen LogP) is -2.28. The van der Waals surface area contributed by atoms with Gasteiger partial charge in [0.2, 0.25) is 0 Å². The van der Waals surface area contributed by atoms with Gasteiger partial charge in [-0.1, -0.05) is 0 Å². The number of nitrogens with zero attached hydrogens (tertiary/aromatic N) is 1. The summed E-state index contributed by atoms with van der Waals surface area (Å²) < 4.78 is 6.56. The van der Waals surface area contributed by atoms with Crippen molar-refractivity contribution >= 4 is 0 Å². The molecular weight excluding hydrogens is 268 g/mol. The number of H-pyrrole nitrogens is 1. The van der Waals surface area contributed by atoms with Crippen molar-refractivity contribution in [1.29, 1.82) is 0 Å². The first-order chi connectivity index (χ1) is 9.27. The molecule has 1 aromatic rings. The molecule has 0 spiro atoms. The molecule has 8 nitrogen and oxygen atoms in total. The maximum Gasteiger partial charge on any atom is 0.328 e. The summed E-state index contributed by atoms with van der Waals surface area (Å²) in [4.78, 5) is 25.1. The quantitative estimate of drug-likeness (QED) is 0.496. The Morgan fingerprint density at radius 1 is 1.50 bits per heavy atom. The van der Waals surface area contributed by atoms with Crippen molar-refractivity contribution < 1.29 is 20.1 Å². The van der Waals surface area contributed by atoms with Gasteiger partial charge in [-0.25, -0.2) is 4.79 Å². The molecule has 0 aliphatic carbocycles. The average molecular weight is 286 g/mol. The zero-order chi connectivity index (χ0) is 15.1. The molecule has 20 heavy (non-hydrogen) atoms. The fraction of sp³-hybridized carbons (Fsp3) is 0.667. The maximum atomic E-state index is 11.7. The molecule has 0 amide bonds. The van der Waals surface area contributed by atoms with E-state index in [1.165, 1.54) is 17.7 Å². The predicted molar refractivity (Wildman–Crippen MR) is 68.4 cm³/mol. The molecular formula is C12H18N2O6. The van der Waals surface area contributed by atoms with Gasteiger partial charge >= 0.3 is 5.69 Å². The van der Waals surface area contributed by atoms with Crippen LogP contribution in [0.3, 0.4) is 0 Å². The highest BCUT2D eigenvalue weighted by Crippen LogP contribution is 2.31. The van der Waals surface area contributed by atoms with Crippen LogP contribution in [0.25, 0.3) is 0 Å². The van der Waals surface area contributed by atoms with Crippen molar-refractivity contribution in [2.75, 3.05) is 6.61 Å². The molecule has 2 heterocycles. The van der Waals surface area contributed by atoms with Crippen molar-refractivity contribution in [2.45, 2.75) is 44.3 Å². The molecule has 1 unspecified atom stereocenters. The van der Waals surface area contributed by atoms with E-state index >= 15 is 0 Å². The second-order valence-corrected chi connectivity index (χ2v) is 5.24. The Bertz CT molecular complexity index is 605. The summed E-state index contributed by atoms with van der Waals surface area (Å²) in [6.45, 7) is 2.44. The van der Waals surface area contributed by atoms with E-state index < -0.39 is 41.8 Å². The van der Waals surface area contributed by atoms with Gasteiger partial charge in [0.25, 0.3) is 5.56 Å². The highest BCUT2D eigenvalue weighted by molar-refractivity contribution is 5.04. The van der Waals surface area contributed by atoms with Crippen molar-refractivity contribution in [2.24, 2.45) is 0 Å². The van der Waals surface area contributed by atoms with E-state index in [0.29, 0.717) is 5.56 Å². The maximum absolute atomic E-state index is 11.7. The van der Waals surface area contributed by atoms with Gasteiger partial charge in [-0.05, 0) is 13.8 Å². The Morgan fingerprint density at radius 2 is 2.15 bits per heavy atom. The van der Waals surface area contributed by atoms with Gasteiger partial charge in [-0.3, -0.25) is 14.3 Å². The van der Waals surface area contributed by atoms with Gasteiger partial charge in [0.15, 0.2) is 0 Å². The molecule has 1 aliphatic heterocycles. The lowest BCUT2D eigenvalue weighted by atomic mass is 9.93. The van der Waals surface area contributed by atoms with Crippen LogP contribution < -0.4 is 11.2 Å². The lowest BCUT2D eigenvalue weighted by Gasteiger charge is -2.26. The van der Waals surface area contributed by atoms with E-state index in [0.717, 1.165) is 0 Å². The molecule has 1 aliphatic rings. The number of aryl methyl sites for hydroxylation is 1. The average Bonchev–Trinajstić information content (AvgIpc) is 2.59. The number of aliphatic hydroxyl groups excluding tert-OH is 2. The summed E-state index contributed by atoms with van der Waals surface area (Å²) in [7, 11) is 0. The highest BCUT2D eigenvalue weighted by Gasteiger charge is 2.51. The molecule has 0 saturated carbocycles. The summed E-state index contributed by atoms with van der Waals surface area (Å²) in [6.07, 6.45) is -1.68. The lowest BCUT2D eigenvalue weighted by molar-refractivity contribution is -0.0684. The van der Waals surface area contributed by atoms with Crippen LogP contribution in [0.2, 0.25) is 0 Å². The van der Waals surface area contributed by atoms with E-state index in [4.69, 9.17) is 9.84 Å². The Balaban J connectivity index is 2.29. The normalized spacial score (nSPS) is 33.5. The SMILES string of the molecule is Cc1cn(C[C@@H]2O[C@H](CO)C(O)[C@]2(C)O)c(=O)[nH]c1=O. The number of rotatable bonds is 3. The smallest absolute Gasteiger partial charge is 0.328 e. The molecule has 0 aromatic carbocycles. The van der Waals surface area contributed by atoms with E-state index in [-0.39, 0.29) is 6.54 Å². The monoisotopic (exact) mass is 286 g/mol.